The Bertz CT molecular complexity index is 894. The number of hydrogen-bond donors (Lipinski definition) is 1. The van der Waals surface area contributed by atoms with E-state index in [0.717, 1.165) is 12.1 Å². The van der Waals surface area contributed by atoms with Gasteiger partial charge in [-0.05, 0) is 55.2 Å². The van der Waals surface area contributed by atoms with E-state index < -0.39 is 23.1 Å². The highest BCUT2D eigenvalue weighted by molar-refractivity contribution is 6.30. The lowest BCUT2D eigenvalue weighted by molar-refractivity contribution is -0.137. The first-order valence-electron chi connectivity index (χ1n) is 8.59. The highest BCUT2D eigenvalue weighted by Gasteiger charge is 2.42. The molecule has 1 heterocycles. The Morgan fingerprint density at radius 1 is 1.25 bits per heavy atom. The molecule has 1 amide bonds. The third-order valence-electron chi connectivity index (χ3n) is 4.62. The van der Waals surface area contributed by atoms with Crippen LogP contribution >= 0.6 is 11.6 Å². The van der Waals surface area contributed by atoms with Gasteiger partial charge >= 0.3 is 6.18 Å². The Hall–Kier alpha value is -2.41. The summed E-state index contributed by atoms with van der Waals surface area (Å²) < 4.78 is 53.9. The SMILES string of the molecule is C=CCC(NC(=O)C1CC1)(c1cc(F)cc(C(F)(F)F)c1)c1ccc(Cl)cn1. The van der Waals surface area contributed by atoms with Crippen LogP contribution in [-0.2, 0) is 16.5 Å². The van der Waals surface area contributed by atoms with Crippen LogP contribution in [0, 0.1) is 11.7 Å². The van der Waals surface area contributed by atoms with Crippen molar-refractivity contribution in [2.24, 2.45) is 5.92 Å². The zero-order valence-electron chi connectivity index (χ0n) is 14.7. The maximum atomic E-state index is 14.1. The lowest BCUT2D eigenvalue weighted by atomic mass is 9.81. The standard InChI is InChI=1S/C20H17ClF4N2O/c1-2-7-19(27-18(28)12-3-4-12,17-6-5-15(21)11-26-17)13-8-14(20(23,24)25)10-16(22)9-13/h2,5-6,8-12H,1,3-4,7H2,(H,27,28). The van der Waals surface area contributed by atoms with Gasteiger partial charge < -0.3 is 5.32 Å². The Balaban J connectivity index is 2.21. The number of carbonyl (C=O) groups is 1. The number of pyridine rings is 1. The average Bonchev–Trinajstić information content (AvgIpc) is 3.46. The summed E-state index contributed by atoms with van der Waals surface area (Å²) in [6, 6.07) is 5.23. The smallest absolute Gasteiger partial charge is 0.340 e. The lowest BCUT2D eigenvalue weighted by Gasteiger charge is -2.35. The Labute approximate surface area is 164 Å². The van der Waals surface area contributed by atoms with Crippen LogP contribution in [0.2, 0.25) is 5.02 Å². The monoisotopic (exact) mass is 412 g/mol. The van der Waals surface area contributed by atoms with Gasteiger partial charge in [0.2, 0.25) is 5.91 Å². The summed E-state index contributed by atoms with van der Waals surface area (Å²) in [5, 5.41) is 3.12. The van der Waals surface area contributed by atoms with E-state index in [0.29, 0.717) is 23.9 Å². The molecule has 1 unspecified atom stereocenters. The molecule has 148 valence electrons. The van der Waals surface area contributed by atoms with Crippen molar-refractivity contribution in [1.29, 1.82) is 0 Å². The van der Waals surface area contributed by atoms with Gasteiger partial charge in [-0.1, -0.05) is 17.7 Å². The third kappa shape index (κ3) is 4.19. The minimum atomic E-state index is -4.75. The summed E-state index contributed by atoms with van der Waals surface area (Å²) in [6.07, 6.45) is -0.572. The summed E-state index contributed by atoms with van der Waals surface area (Å²) in [4.78, 5) is 16.8. The fourth-order valence-corrected chi connectivity index (χ4v) is 3.17. The summed E-state index contributed by atoms with van der Waals surface area (Å²) in [5.74, 6) is -1.60. The van der Waals surface area contributed by atoms with Gasteiger partial charge in [-0.15, -0.1) is 6.58 Å². The van der Waals surface area contributed by atoms with Gasteiger partial charge in [0.15, 0.2) is 0 Å². The molecule has 0 saturated heterocycles. The maximum Gasteiger partial charge on any atom is 0.416 e. The molecule has 3 rings (SSSR count). The van der Waals surface area contributed by atoms with Gasteiger partial charge in [0.05, 0.1) is 16.3 Å². The number of nitrogens with zero attached hydrogens (tertiary/aromatic N) is 1. The van der Waals surface area contributed by atoms with Crippen molar-refractivity contribution in [2.75, 3.05) is 0 Å². The molecule has 1 N–H and O–H groups in total. The molecule has 1 saturated carbocycles. The molecule has 8 heteroatoms. The van der Waals surface area contributed by atoms with Crippen LogP contribution in [0.4, 0.5) is 17.6 Å². The van der Waals surface area contributed by atoms with Crippen molar-refractivity contribution in [3.8, 4) is 0 Å². The average molecular weight is 413 g/mol. The number of carbonyl (C=O) groups excluding carboxylic acids is 1. The molecular weight excluding hydrogens is 396 g/mol. The van der Waals surface area contributed by atoms with Crippen molar-refractivity contribution in [1.82, 2.24) is 10.3 Å². The van der Waals surface area contributed by atoms with E-state index in [4.69, 9.17) is 11.6 Å². The highest BCUT2D eigenvalue weighted by Crippen LogP contribution is 2.39. The Morgan fingerprint density at radius 2 is 1.93 bits per heavy atom. The second-order valence-electron chi connectivity index (χ2n) is 6.75. The summed E-state index contributed by atoms with van der Waals surface area (Å²) >= 11 is 5.88. The van der Waals surface area contributed by atoms with Gasteiger partial charge in [0.25, 0.3) is 0 Å². The number of rotatable bonds is 6. The molecule has 0 radical (unpaired) electrons. The summed E-state index contributed by atoms with van der Waals surface area (Å²) in [6.45, 7) is 3.65. The molecule has 1 fully saturated rings. The Kier molecular flexibility index (Phi) is 5.48. The highest BCUT2D eigenvalue weighted by atomic mass is 35.5. The van der Waals surface area contributed by atoms with Gasteiger partial charge in [-0.2, -0.15) is 13.2 Å². The molecule has 1 aliphatic carbocycles. The number of benzene rings is 1. The number of amides is 1. The van der Waals surface area contributed by atoms with E-state index in [9.17, 15) is 22.4 Å². The fourth-order valence-electron chi connectivity index (χ4n) is 3.06. The molecule has 3 nitrogen and oxygen atoms in total. The second-order valence-corrected chi connectivity index (χ2v) is 7.19. The van der Waals surface area contributed by atoms with Crippen LogP contribution in [-0.4, -0.2) is 10.9 Å². The number of alkyl halides is 3. The first kappa shape index (κ1) is 20.3. The molecule has 1 aromatic heterocycles. The molecule has 0 bridgehead atoms. The van der Waals surface area contributed by atoms with Crippen molar-refractivity contribution >= 4 is 17.5 Å². The molecule has 1 aromatic carbocycles. The normalized spacial score (nSPS) is 16.3. The lowest BCUT2D eigenvalue weighted by Crippen LogP contribution is -2.48. The molecular formula is C20H17ClF4N2O. The molecule has 1 aliphatic rings. The topological polar surface area (TPSA) is 42.0 Å². The fraction of sp³-hybridized carbons (Fsp3) is 0.300. The Morgan fingerprint density at radius 3 is 2.46 bits per heavy atom. The minimum Gasteiger partial charge on any atom is -0.340 e. The third-order valence-corrected chi connectivity index (χ3v) is 4.84. The van der Waals surface area contributed by atoms with Gasteiger partial charge in [0.1, 0.15) is 11.4 Å². The molecule has 0 aliphatic heterocycles. The number of nitrogens with one attached hydrogen (secondary N) is 1. The summed E-state index contributed by atoms with van der Waals surface area (Å²) in [5.41, 5.74) is -2.48. The van der Waals surface area contributed by atoms with Gasteiger partial charge in [0, 0.05) is 12.1 Å². The van der Waals surface area contributed by atoms with Crippen molar-refractivity contribution < 1.29 is 22.4 Å². The number of halogens is 5. The van der Waals surface area contributed by atoms with E-state index in [2.05, 4.69) is 16.9 Å². The van der Waals surface area contributed by atoms with Crippen molar-refractivity contribution in [3.63, 3.8) is 0 Å². The maximum absolute atomic E-state index is 14.1. The second kappa shape index (κ2) is 7.54. The van der Waals surface area contributed by atoms with Crippen molar-refractivity contribution in [2.45, 2.75) is 31.0 Å². The van der Waals surface area contributed by atoms with E-state index in [1.54, 1.807) is 0 Å². The summed E-state index contributed by atoms with van der Waals surface area (Å²) in [7, 11) is 0. The molecule has 28 heavy (non-hydrogen) atoms. The van der Waals surface area contributed by atoms with Crippen molar-refractivity contribution in [3.05, 3.63) is 76.8 Å². The van der Waals surface area contributed by atoms with E-state index in [-0.39, 0.29) is 29.5 Å². The molecule has 1 atom stereocenters. The zero-order chi connectivity index (χ0) is 20.5. The van der Waals surface area contributed by atoms with Crippen LogP contribution in [0.3, 0.4) is 0 Å². The van der Waals surface area contributed by atoms with Crippen LogP contribution in [0.15, 0.2) is 49.2 Å². The zero-order valence-corrected chi connectivity index (χ0v) is 15.4. The van der Waals surface area contributed by atoms with Crippen LogP contribution in [0.1, 0.15) is 36.1 Å². The van der Waals surface area contributed by atoms with E-state index >= 15 is 0 Å². The largest absolute Gasteiger partial charge is 0.416 e. The molecule has 2 aromatic rings. The van der Waals surface area contributed by atoms with E-state index in [1.807, 2.05) is 0 Å². The number of hydrogen-bond acceptors (Lipinski definition) is 2. The minimum absolute atomic E-state index is 0.0147. The van der Waals surface area contributed by atoms with Crippen LogP contribution < -0.4 is 5.32 Å². The first-order chi connectivity index (χ1) is 13.2. The van der Waals surface area contributed by atoms with Crippen LogP contribution in [0.25, 0.3) is 0 Å². The first-order valence-corrected chi connectivity index (χ1v) is 8.97. The van der Waals surface area contributed by atoms with E-state index in [1.165, 1.54) is 24.4 Å². The van der Waals surface area contributed by atoms with Crippen LogP contribution in [0.5, 0.6) is 0 Å². The van der Waals surface area contributed by atoms with Gasteiger partial charge in [-0.3, -0.25) is 9.78 Å². The predicted octanol–water partition coefficient (Wildman–Crippen LogP) is 5.24. The molecule has 0 spiro atoms. The van der Waals surface area contributed by atoms with Gasteiger partial charge in [-0.25, -0.2) is 4.39 Å². The quantitative estimate of drug-likeness (QED) is 0.521. The number of aromatic nitrogens is 1. The predicted molar refractivity (Wildman–Crippen MR) is 97.1 cm³/mol.